The van der Waals surface area contributed by atoms with Crippen molar-refractivity contribution in [3.63, 3.8) is 0 Å². The highest BCUT2D eigenvalue weighted by atomic mass is 32.1. The molecule has 98 valence electrons. The molecule has 16 heavy (non-hydrogen) atoms. The van der Waals surface area contributed by atoms with Crippen LogP contribution in [-0.4, -0.2) is 39.1 Å². The zero-order chi connectivity index (χ0) is 12.8. The molecule has 0 fully saturated rings. The van der Waals surface area contributed by atoms with Crippen molar-refractivity contribution in [3.8, 4) is 0 Å². The summed E-state index contributed by atoms with van der Waals surface area (Å²) in [6.07, 6.45) is -1.61. The highest BCUT2D eigenvalue weighted by molar-refractivity contribution is 8.29. The fraction of sp³-hybridized carbons (Fsp3) is 1.00. The standard InChI is InChI=1S/C7H18O7P2/c1-2-6-15(10,11)16(12,13)14-7(9)4-3-5-8/h7-9H,2-6H2,1H3,(H,10,11)(H,12,13). The van der Waals surface area contributed by atoms with Crippen LogP contribution in [0.2, 0.25) is 0 Å². The first-order valence-corrected chi connectivity index (χ1v) is 9.02. The van der Waals surface area contributed by atoms with Crippen LogP contribution >= 0.6 is 14.3 Å². The van der Waals surface area contributed by atoms with E-state index in [1.165, 1.54) is 0 Å². The summed E-state index contributed by atoms with van der Waals surface area (Å²) in [6.45, 7) is 1.38. The van der Waals surface area contributed by atoms with E-state index >= 15 is 0 Å². The van der Waals surface area contributed by atoms with E-state index in [1.54, 1.807) is 6.92 Å². The van der Waals surface area contributed by atoms with Crippen molar-refractivity contribution in [1.29, 1.82) is 0 Å². The van der Waals surface area contributed by atoms with E-state index in [4.69, 9.17) is 10.2 Å². The fourth-order valence-electron chi connectivity index (χ4n) is 0.968. The number of rotatable bonds is 8. The van der Waals surface area contributed by atoms with Gasteiger partial charge < -0.3 is 20.0 Å². The summed E-state index contributed by atoms with van der Waals surface area (Å²) in [4.78, 5) is 18.5. The molecular formula is C7H18O7P2. The summed E-state index contributed by atoms with van der Waals surface area (Å²) in [5.41, 5.74) is 0. The predicted molar refractivity (Wildman–Crippen MR) is 58.2 cm³/mol. The van der Waals surface area contributed by atoms with Crippen molar-refractivity contribution < 1.29 is 33.7 Å². The third-order valence-corrected chi connectivity index (χ3v) is 7.37. The van der Waals surface area contributed by atoms with Crippen molar-refractivity contribution >= 4 is 14.3 Å². The van der Waals surface area contributed by atoms with Crippen LogP contribution in [-0.2, 0) is 13.7 Å². The minimum atomic E-state index is -4.73. The van der Waals surface area contributed by atoms with E-state index in [-0.39, 0.29) is 32.0 Å². The lowest BCUT2D eigenvalue weighted by molar-refractivity contribution is -0.0305. The van der Waals surface area contributed by atoms with Crippen LogP contribution in [0, 0.1) is 0 Å². The second-order valence-corrected chi connectivity index (χ2v) is 9.66. The van der Waals surface area contributed by atoms with Gasteiger partial charge in [0, 0.05) is 19.2 Å². The molecule has 0 saturated carbocycles. The maximum absolute atomic E-state index is 11.4. The summed E-state index contributed by atoms with van der Waals surface area (Å²) < 4.78 is 27.1. The van der Waals surface area contributed by atoms with Crippen LogP contribution in [0.15, 0.2) is 0 Å². The van der Waals surface area contributed by atoms with Crippen LogP contribution in [0.1, 0.15) is 26.2 Å². The summed E-state index contributed by atoms with van der Waals surface area (Å²) >= 11 is 0. The third-order valence-electron chi connectivity index (χ3n) is 1.78. The summed E-state index contributed by atoms with van der Waals surface area (Å²) in [6, 6.07) is 0. The number of aliphatic hydroxyl groups excluding tert-OH is 2. The first kappa shape index (κ1) is 16.3. The molecule has 0 aliphatic rings. The molecule has 0 heterocycles. The average molecular weight is 276 g/mol. The summed E-state index contributed by atoms with van der Waals surface area (Å²) in [5, 5.41) is 17.6. The highest BCUT2D eigenvalue weighted by Crippen LogP contribution is 2.77. The Kier molecular flexibility index (Phi) is 6.98. The van der Waals surface area contributed by atoms with Crippen LogP contribution in [0.4, 0.5) is 0 Å². The molecule has 9 heteroatoms. The lowest BCUT2D eigenvalue weighted by Gasteiger charge is -2.20. The average Bonchev–Trinajstić information content (AvgIpc) is 2.13. The Morgan fingerprint density at radius 2 is 1.88 bits per heavy atom. The molecule has 0 radical (unpaired) electrons. The van der Waals surface area contributed by atoms with E-state index in [9.17, 15) is 18.9 Å². The fourth-order valence-corrected chi connectivity index (χ4v) is 4.50. The molecule has 0 aliphatic heterocycles. The quantitative estimate of drug-likeness (QED) is 0.383. The lowest BCUT2D eigenvalue weighted by atomic mass is 10.3. The molecule has 0 amide bonds. The minimum absolute atomic E-state index is 0.0762. The normalized spacial score (nSPS) is 21.1. The number of hydrogen-bond donors (Lipinski definition) is 4. The van der Waals surface area contributed by atoms with Gasteiger partial charge in [-0.2, -0.15) is 0 Å². The predicted octanol–water partition coefficient (Wildman–Crippen LogP) is 0.875. The molecular weight excluding hydrogens is 258 g/mol. The van der Waals surface area contributed by atoms with Gasteiger partial charge >= 0.3 is 14.3 Å². The molecule has 0 aromatic carbocycles. The van der Waals surface area contributed by atoms with Crippen molar-refractivity contribution in [1.82, 2.24) is 0 Å². The molecule has 0 saturated heterocycles. The zero-order valence-corrected chi connectivity index (χ0v) is 10.8. The molecule has 0 aromatic rings. The second kappa shape index (κ2) is 6.87. The van der Waals surface area contributed by atoms with E-state index in [0.717, 1.165) is 0 Å². The monoisotopic (exact) mass is 276 g/mol. The van der Waals surface area contributed by atoms with Crippen molar-refractivity contribution in [2.45, 2.75) is 32.5 Å². The van der Waals surface area contributed by atoms with Gasteiger partial charge in [0.1, 0.15) is 0 Å². The SMILES string of the molecule is CCCP(=O)(O)P(=O)(O)OC(O)CCCO. The molecule has 0 aliphatic carbocycles. The van der Waals surface area contributed by atoms with Crippen molar-refractivity contribution in [3.05, 3.63) is 0 Å². The van der Waals surface area contributed by atoms with Gasteiger partial charge in [0.2, 0.25) is 0 Å². The number of hydrogen-bond acceptors (Lipinski definition) is 5. The molecule has 0 bridgehead atoms. The van der Waals surface area contributed by atoms with Gasteiger partial charge in [-0.05, 0) is 12.8 Å². The molecule has 7 nitrogen and oxygen atoms in total. The molecule has 0 rings (SSSR count). The largest absolute Gasteiger partial charge is 0.412 e. The van der Waals surface area contributed by atoms with Crippen LogP contribution in [0.3, 0.4) is 0 Å². The van der Waals surface area contributed by atoms with E-state index in [1.807, 2.05) is 0 Å². The van der Waals surface area contributed by atoms with Crippen LogP contribution < -0.4 is 0 Å². The van der Waals surface area contributed by atoms with Crippen LogP contribution in [0.25, 0.3) is 0 Å². The molecule has 4 N–H and O–H groups in total. The van der Waals surface area contributed by atoms with Gasteiger partial charge in [-0.15, -0.1) is 0 Å². The maximum Gasteiger partial charge on any atom is 0.412 e. The topological polar surface area (TPSA) is 124 Å². The Balaban J connectivity index is 4.44. The Bertz CT molecular complexity index is 292. The lowest BCUT2D eigenvalue weighted by Crippen LogP contribution is -2.11. The zero-order valence-electron chi connectivity index (χ0n) is 9.02. The van der Waals surface area contributed by atoms with Gasteiger partial charge in [-0.25, -0.2) is 4.57 Å². The minimum Gasteiger partial charge on any atom is -0.396 e. The molecule has 3 atom stereocenters. The summed E-state index contributed by atoms with van der Waals surface area (Å²) in [5.74, 6) is 0. The second-order valence-electron chi connectivity index (χ2n) is 3.30. The van der Waals surface area contributed by atoms with Crippen molar-refractivity contribution in [2.24, 2.45) is 0 Å². The smallest absolute Gasteiger partial charge is 0.396 e. The summed E-state index contributed by atoms with van der Waals surface area (Å²) in [7, 11) is -9.04. The van der Waals surface area contributed by atoms with E-state index in [0.29, 0.717) is 0 Å². The van der Waals surface area contributed by atoms with Gasteiger partial charge in [-0.3, -0.25) is 9.09 Å². The van der Waals surface area contributed by atoms with Crippen LogP contribution in [0.5, 0.6) is 0 Å². The third kappa shape index (κ3) is 5.06. The molecule has 0 spiro atoms. The van der Waals surface area contributed by atoms with E-state index < -0.39 is 20.6 Å². The van der Waals surface area contributed by atoms with Gasteiger partial charge in [0.25, 0.3) is 0 Å². The maximum atomic E-state index is 11.4. The Morgan fingerprint density at radius 3 is 2.31 bits per heavy atom. The highest BCUT2D eigenvalue weighted by Gasteiger charge is 2.43. The van der Waals surface area contributed by atoms with E-state index in [2.05, 4.69) is 4.52 Å². The molecule has 3 unspecified atom stereocenters. The Labute approximate surface area is 94.0 Å². The van der Waals surface area contributed by atoms with Gasteiger partial charge in [-0.1, -0.05) is 6.92 Å². The Morgan fingerprint density at radius 1 is 1.31 bits per heavy atom. The first-order valence-electron chi connectivity index (χ1n) is 4.89. The van der Waals surface area contributed by atoms with Crippen molar-refractivity contribution in [2.75, 3.05) is 12.8 Å². The van der Waals surface area contributed by atoms with Gasteiger partial charge in [0.05, 0.1) is 0 Å². The number of aliphatic hydroxyl groups is 2. The Hall–Kier alpha value is 0.260. The molecule has 0 aromatic heterocycles. The van der Waals surface area contributed by atoms with Gasteiger partial charge in [0.15, 0.2) is 6.29 Å². The first-order chi connectivity index (χ1) is 7.27.